The molecule has 0 aliphatic heterocycles. The second-order valence-electron chi connectivity index (χ2n) is 1.21. The molecule has 0 aliphatic rings. The molecule has 0 saturated carbocycles. The molecule has 0 heterocycles. The fourth-order valence-electron chi connectivity index (χ4n) is 0.250. The molecule has 0 amide bonds. The zero-order chi connectivity index (χ0) is 4.12. The third-order valence-electron chi connectivity index (χ3n) is 0.604. The van der Waals surface area contributed by atoms with Gasteiger partial charge < -0.3 is 6.92 Å². The van der Waals surface area contributed by atoms with Crippen molar-refractivity contribution in [1.29, 1.82) is 0 Å². The molecule has 0 aromatic carbocycles. The van der Waals surface area contributed by atoms with Crippen LogP contribution in [0.3, 0.4) is 0 Å². The first-order valence-corrected chi connectivity index (χ1v) is 2.21. The molecule has 0 saturated heterocycles. The summed E-state index contributed by atoms with van der Waals surface area (Å²) < 4.78 is 0. The van der Waals surface area contributed by atoms with Crippen LogP contribution >= 0.6 is 0 Å². The summed E-state index contributed by atoms with van der Waals surface area (Å²) in [4.78, 5) is 0. The Hall–Kier alpha value is 0.584. The summed E-state index contributed by atoms with van der Waals surface area (Å²) in [5.41, 5.74) is 0. The summed E-state index contributed by atoms with van der Waals surface area (Å²) in [6.07, 6.45) is 3.65. The Morgan fingerprint density at radius 1 is 1.50 bits per heavy atom. The van der Waals surface area contributed by atoms with E-state index in [9.17, 15) is 0 Å². The maximum Gasteiger partial charge on any atom is 2.00 e. The zero-order valence-electron chi connectivity index (χ0n) is 4.28. The van der Waals surface area contributed by atoms with Gasteiger partial charge in [-0.15, -0.1) is 0 Å². The van der Waals surface area contributed by atoms with E-state index in [1.165, 1.54) is 12.8 Å². The first kappa shape index (κ1) is 9.77. The van der Waals surface area contributed by atoms with Gasteiger partial charge in [0.15, 0.2) is 0 Å². The minimum Gasteiger partial charge on any atom is -0.343 e. The fourth-order valence-corrected chi connectivity index (χ4v) is 0.250. The van der Waals surface area contributed by atoms with E-state index in [0.717, 1.165) is 6.42 Å². The SMILES string of the molecule is [CH2-]CCCC.[V+2]. The van der Waals surface area contributed by atoms with Crippen molar-refractivity contribution in [2.75, 3.05) is 0 Å². The van der Waals surface area contributed by atoms with Crippen LogP contribution in [0.15, 0.2) is 0 Å². The fraction of sp³-hybridized carbons (Fsp3) is 0.800. The van der Waals surface area contributed by atoms with Crippen LogP contribution in [0.5, 0.6) is 0 Å². The van der Waals surface area contributed by atoms with Crippen molar-refractivity contribution in [3.63, 3.8) is 0 Å². The predicted molar refractivity (Wildman–Crippen MR) is 24.9 cm³/mol. The van der Waals surface area contributed by atoms with Gasteiger partial charge >= 0.3 is 18.6 Å². The number of rotatable bonds is 2. The molecule has 6 heavy (non-hydrogen) atoms. The minimum absolute atomic E-state index is 0. The van der Waals surface area contributed by atoms with Crippen LogP contribution < -0.4 is 0 Å². The van der Waals surface area contributed by atoms with E-state index in [0.29, 0.717) is 0 Å². The van der Waals surface area contributed by atoms with Gasteiger partial charge in [0.1, 0.15) is 0 Å². The molecule has 0 atom stereocenters. The van der Waals surface area contributed by atoms with E-state index in [2.05, 4.69) is 13.8 Å². The first-order valence-electron chi connectivity index (χ1n) is 2.21. The van der Waals surface area contributed by atoms with Gasteiger partial charge in [0, 0.05) is 0 Å². The van der Waals surface area contributed by atoms with Crippen LogP contribution in [0.25, 0.3) is 0 Å². The average Bonchev–Trinajstić information content (AvgIpc) is 1.41. The van der Waals surface area contributed by atoms with Crippen molar-refractivity contribution in [2.24, 2.45) is 0 Å². The van der Waals surface area contributed by atoms with Crippen molar-refractivity contribution >= 4 is 0 Å². The Morgan fingerprint density at radius 3 is 2.00 bits per heavy atom. The van der Waals surface area contributed by atoms with E-state index < -0.39 is 0 Å². The average molecular weight is 122 g/mol. The Kier molecular flexibility index (Phi) is 14.9. The third kappa shape index (κ3) is 8.82. The molecule has 0 aromatic rings. The smallest absolute Gasteiger partial charge is 0.343 e. The van der Waals surface area contributed by atoms with Gasteiger partial charge in [0.05, 0.1) is 0 Å². The second kappa shape index (κ2) is 9.14. The van der Waals surface area contributed by atoms with Gasteiger partial charge in [-0.2, -0.15) is 6.42 Å². The predicted octanol–water partition coefficient (Wildman–Crippen LogP) is 2.01. The molecule has 0 nitrogen and oxygen atoms in total. The second-order valence-corrected chi connectivity index (χ2v) is 1.21. The number of hydrogen-bond donors (Lipinski definition) is 0. The molecule has 0 fully saturated rings. The number of unbranched alkanes of at least 4 members (excludes halogenated alkanes) is 2. The summed E-state index contributed by atoms with van der Waals surface area (Å²) in [6.45, 7) is 5.85. The molecule has 0 N–H and O–H groups in total. The van der Waals surface area contributed by atoms with Gasteiger partial charge in [0.2, 0.25) is 0 Å². The summed E-state index contributed by atoms with van der Waals surface area (Å²) in [7, 11) is 0. The molecule has 35 valence electrons. The molecule has 0 unspecified atom stereocenters. The molecule has 1 radical (unpaired) electrons. The molecular weight excluding hydrogens is 111 g/mol. The normalized spacial score (nSPS) is 7.00. The van der Waals surface area contributed by atoms with Gasteiger partial charge in [-0.25, -0.2) is 0 Å². The van der Waals surface area contributed by atoms with Crippen LogP contribution in [0.4, 0.5) is 0 Å². The van der Waals surface area contributed by atoms with Crippen molar-refractivity contribution in [2.45, 2.75) is 26.2 Å². The molecule has 0 aliphatic carbocycles. The standard InChI is InChI=1S/C5H11.V/c1-3-5-4-2;/h1,3-5H2,2H3;/q-1;+2. The van der Waals surface area contributed by atoms with Gasteiger partial charge in [-0.05, 0) is 0 Å². The van der Waals surface area contributed by atoms with Gasteiger partial charge in [-0.3, -0.25) is 0 Å². The zero-order valence-corrected chi connectivity index (χ0v) is 5.67. The van der Waals surface area contributed by atoms with Crippen molar-refractivity contribution < 1.29 is 18.6 Å². The van der Waals surface area contributed by atoms with Gasteiger partial charge in [0.25, 0.3) is 0 Å². The van der Waals surface area contributed by atoms with E-state index in [-0.39, 0.29) is 18.6 Å². The van der Waals surface area contributed by atoms with E-state index in [1.54, 1.807) is 0 Å². The summed E-state index contributed by atoms with van der Waals surface area (Å²) in [5, 5.41) is 0. The molecular formula is C5H11V+. The Labute approximate surface area is 52.2 Å². The van der Waals surface area contributed by atoms with E-state index in [1.807, 2.05) is 0 Å². The van der Waals surface area contributed by atoms with Gasteiger partial charge in [-0.1, -0.05) is 19.8 Å². The van der Waals surface area contributed by atoms with E-state index >= 15 is 0 Å². The van der Waals surface area contributed by atoms with Crippen molar-refractivity contribution in [3.8, 4) is 0 Å². The van der Waals surface area contributed by atoms with Crippen molar-refractivity contribution in [1.82, 2.24) is 0 Å². The van der Waals surface area contributed by atoms with Crippen molar-refractivity contribution in [3.05, 3.63) is 6.92 Å². The Bertz CT molecular complexity index is 11.4. The third-order valence-corrected chi connectivity index (χ3v) is 0.604. The van der Waals surface area contributed by atoms with Crippen LogP contribution in [0, 0.1) is 6.92 Å². The first-order chi connectivity index (χ1) is 2.41. The summed E-state index contributed by atoms with van der Waals surface area (Å²) in [5.74, 6) is 0. The molecule has 0 spiro atoms. The summed E-state index contributed by atoms with van der Waals surface area (Å²) >= 11 is 0. The Morgan fingerprint density at radius 2 is 2.00 bits per heavy atom. The van der Waals surface area contributed by atoms with Crippen LogP contribution in [0.1, 0.15) is 26.2 Å². The maximum absolute atomic E-state index is 3.68. The quantitative estimate of drug-likeness (QED) is 0.491. The van der Waals surface area contributed by atoms with E-state index in [4.69, 9.17) is 0 Å². The Balaban J connectivity index is 0. The monoisotopic (exact) mass is 122 g/mol. The molecule has 0 rings (SSSR count). The molecule has 0 aromatic heterocycles. The van der Waals surface area contributed by atoms with Crippen LogP contribution in [-0.2, 0) is 18.6 Å². The summed E-state index contributed by atoms with van der Waals surface area (Å²) in [6, 6.07) is 0. The minimum atomic E-state index is 0. The van der Waals surface area contributed by atoms with Crippen LogP contribution in [-0.4, -0.2) is 0 Å². The molecule has 1 heteroatoms. The number of hydrogen-bond acceptors (Lipinski definition) is 0. The van der Waals surface area contributed by atoms with Crippen LogP contribution in [0.2, 0.25) is 0 Å². The molecule has 0 bridgehead atoms. The topological polar surface area (TPSA) is 0 Å². The largest absolute Gasteiger partial charge is 2.00 e. The maximum atomic E-state index is 3.68.